The van der Waals surface area contributed by atoms with E-state index >= 15 is 9.59 Å². The number of nitrogens with two attached hydrogens (primary N) is 2. The molecule has 8 rings (SSSR count). The number of aliphatic carboxylic acids is 2. The Labute approximate surface area is 517 Å². The maximum absolute atomic E-state index is 15.3. The van der Waals surface area contributed by atoms with Crippen LogP contribution in [-0.4, -0.2) is 148 Å². The number of nitrogens with one attached hydrogen (secondary N) is 7. The topological polar surface area (TPSA) is 356 Å². The molecule has 2 aliphatic heterocycles. The molecule has 5 aromatic carbocycles. The van der Waals surface area contributed by atoms with Gasteiger partial charge in [-0.1, -0.05) is 121 Å². The van der Waals surface area contributed by atoms with Crippen LogP contribution in [-0.2, 0) is 69.0 Å². The number of alkyl halides is 6. The number of carbonyl (C=O) groups excluding carboxylic acids is 7. The second-order valence-electron chi connectivity index (χ2n) is 20.8. The van der Waals surface area contributed by atoms with E-state index in [9.17, 15) is 50.3 Å². The van der Waals surface area contributed by atoms with E-state index in [1.165, 1.54) is 4.90 Å². The average Bonchev–Trinajstić information content (AvgIpc) is 1.91. The number of benzene rings is 5. The molecule has 29 heteroatoms. The summed E-state index contributed by atoms with van der Waals surface area (Å²) in [6.45, 7) is 0.617. The number of ether oxygens (including phenoxy) is 2. The first kappa shape index (κ1) is 70.1. The lowest BCUT2D eigenvalue weighted by Crippen LogP contribution is -2.61. The van der Waals surface area contributed by atoms with Crippen LogP contribution in [0.4, 0.5) is 31.1 Å². The van der Waals surface area contributed by atoms with Gasteiger partial charge in [0.05, 0.1) is 6.54 Å². The lowest BCUT2D eigenvalue weighted by molar-refractivity contribution is -0.193. The van der Waals surface area contributed by atoms with E-state index in [2.05, 4.69) is 36.9 Å². The zero-order valence-electron chi connectivity index (χ0n) is 48.6. The van der Waals surface area contributed by atoms with Crippen LogP contribution in [0.5, 0.6) is 5.75 Å². The summed E-state index contributed by atoms with van der Waals surface area (Å²) in [4.78, 5) is 125. The largest absolute Gasteiger partial charge is 0.490 e. The molecular formula is C62H68F6N10O13. The highest BCUT2D eigenvalue weighted by molar-refractivity contribution is 5.99. The number of carboxylic acid groups (broad SMARTS) is 2. The molecule has 91 heavy (non-hydrogen) atoms. The number of nitrogens with zero attached hydrogens (tertiary/aromatic N) is 1. The summed E-state index contributed by atoms with van der Waals surface area (Å²) in [6, 6.07) is 33.6. The normalized spacial score (nSPS) is 20.0. The van der Waals surface area contributed by atoms with Crippen molar-refractivity contribution in [1.29, 1.82) is 0 Å². The van der Waals surface area contributed by atoms with Gasteiger partial charge in [0.15, 0.2) is 0 Å². The van der Waals surface area contributed by atoms with E-state index in [0.717, 1.165) is 16.5 Å². The third kappa shape index (κ3) is 21.6. The number of amides is 7. The summed E-state index contributed by atoms with van der Waals surface area (Å²) in [5.41, 5.74) is 15.7. The minimum atomic E-state index is -5.08. The molecule has 3 heterocycles. The predicted molar refractivity (Wildman–Crippen MR) is 316 cm³/mol. The van der Waals surface area contributed by atoms with Crippen molar-refractivity contribution >= 4 is 64.4 Å². The smallest absolute Gasteiger partial charge is 0.489 e. The van der Waals surface area contributed by atoms with Gasteiger partial charge in [-0.25, -0.2) is 14.4 Å². The van der Waals surface area contributed by atoms with Crippen LogP contribution in [0.25, 0.3) is 10.9 Å². The second-order valence-corrected chi connectivity index (χ2v) is 20.8. The molecule has 13 N–H and O–H groups in total. The van der Waals surface area contributed by atoms with E-state index in [0.29, 0.717) is 54.0 Å². The first-order valence-corrected chi connectivity index (χ1v) is 28.5. The number of H-pyrrole nitrogens is 1. The molecule has 2 fully saturated rings. The van der Waals surface area contributed by atoms with Gasteiger partial charge in [-0.05, 0) is 71.8 Å². The van der Waals surface area contributed by atoms with Crippen LogP contribution in [0.3, 0.4) is 0 Å². The number of carbonyl (C=O) groups is 9. The van der Waals surface area contributed by atoms with Crippen LogP contribution in [0.1, 0.15) is 59.5 Å². The molecule has 7 atom stereocenters. The minimum Gasteiger partial charge on any atom is -0.489 e. The van der Waals surface area contributed by atoms with Gasteiger partial charge < -0.3 is 72.9 Å². The quantitative estimate of drug-likeness (QED) is 0.0438. The Kier molecular flexibility index (Phi) is 25.8. The number of hydrogen-bond donors (Lipinski definition) is 11. The fourth-order valence-corrected chi connectivity index (χ4v) is 9.65. The molecule has 2 aliphatic rings. The van der Waals surface area contributed by atoms with Crippen molar-refractivity contribution in [1.82, 2.24) is 41.8 Å². The summed E-state index contributed by atoms with van der Waals surface area (Å²) < 4.78 is 75.2. The van der Waals surface area contributed by atoms with Gasteiger partial charge >= 0.3 is 30.4 Å². The maximum atomic E-state index is 15.3. The number of aromatic amines is 1. The van der Waals surface area contributed by atoms with E-state index in [4.69, 9.17) is 40.7 Å². The van der Waals surface area contributed by atoms with Gasteiger partial charge in [0.2, 0.25) is 35.4 Å². The second kappa shape index (κ2) is 33.5. The van der Waals surface area contributed by atoms with Gasteiger partial charge in [-0.15, -0.1) is 0 Å². The molecule has 0 aliphatic carbocycles. The van der Waals surface area contributed by atoms with Gasteiger partial charge in [-0.3, -0.25) is 28.8 Å². The first-order valence-electron chi connectivity index (χ1n) is 28.5. The van der Waals surface area contributed by atoms with Crippen LogP contribution in [0.2, 0.25) is 0 Å². The van der Waals surface area contributed by atoms with Gasteiger partial charge in [0, 0.05) is 55.9 Å². The number of halogens is 6. The molecule has 1 aromatic heterocycles. The van der Waals surface area contributed by atoms with Crippen molar-refractivity contribution in [2.45, 2.75) is 106 Å². The molecule has 0 bridgehead atoms. The van der Waals surface area contributed by atoms with Crippen molar-refractivity contribution in [2.24, 2.45) is 11.5 Å². The maximum Gasteiger partial charge on any atom is 0.490 e. The van der Waals surface area contributed by atoms with Crippen molar-refractivity contribution in [2.75, 3.05) is 26.2 Å². The molecule has 2 saturated heterocycles. The molecular weight excluding hydrogens is 1210 g/mol. The Hall–Kier alpha value is -10.0. The Bertz CT molecular complexity index is 3400. The van der Waals surface area contributed by atoms with E-state index < -0.39 is 108 Å². The molecule has 0 spiro atoms. The van der Waals surface area contributed by atoms with Gasteiger partial charge in [-0.2, -0.15) is 26.3 Å². The molecule has 7 unspecified atom stereocenters. The van der Waals surface area contributed by atoms with Crippen molar-refractivity contribution in [3.8, 4) is 5.75 Å². The highest BCUT2D eigenvalue weighted by Gasteiger charge is 2.46. The molecule has 0 radical (unpaired) electrons. The molecule has 6 aromatic rings. The van der Waals surface area contributed by atoms with E-state index in [1.807, 2.05) is 60.7 Å². The first-order chi connectivity index (χ1) is 43.3. The van der Waals surface area contributed by atoms with E-state index in [1.54, 1.807) is 85.1 Å². The van der Waals surface area contributed by atoms with Crippen LogP contribution in [0.15, 0.2) is 146 Å². The van der Waals surface area contributed by atoms with Crippen molar-refractivity contribution in [3.63, 3.8) is 0 Å². The minimum absolute atomic E-state index is 0.0385. The molecule has 23 nitrogen and oxygen atoms in total. The zero-order valence-corrected chi connectivity index (χ0v) is 48.6. The number of rotatable bonds is 17. The summed E-state index contributed by atoms with van der Waals surface area (Å²) in [6.07, 6.45) is -9.52. The number of para-hydroxylation sites is 1. The summed E-state index contributed by atoms with van der Waals surface area (Å²) in [5, 5.41) is 32.1. The van der Waals surface area contributed by atoms with Crippen LogP contribution >= 0.6 is 0 Å². The van der Waals surface area contributed by atoms with Crippen molar-refractivity contribution in [3.05, 3.63) is 174 Å². The Morgan fingerprint density at radius 1 is 0.571 bits per heavy atom. The third-order valence-corrected chi connectivity index (χ3v) is 14.2. The Morgan fingerprint density at radius 2 is 1.08 bits per heavy atom. The number of alkyl carbamates (subject to hydrolysis) is 1. The molecule has 486 valence electrons. The number of aromatic nitrogens is 1. The monoisotopic (exact) mass is 1270 g/mol. The number of fused-ring (bicyclic) bond motifs is 2. The lowest BCUT2D eigenvalue weighted by Gasteiger charge is -2.32. The fraction of sp³-hybridized carbons (Fsp3) is 0.339. The third-order valence-electron chi connectivity index (χ3n) is 14.2. The molecule has 0 saturated carbocycles. The van der Waals surface area contributed by atoms with Gasteiger partial charge in [0.1, 0.15) is 54.7 Å². The lowest BCUT2D eigenvalue weighted by atomic mass is 9.99. The number of unbranched alkanes of at least 4 members (excludes halogenated alkanes) is 1. The Morgan fingerprint density at radius 3 is 1.67 bits per heavy atom. The molecule has 7 amide bonds. The van der Waals surface area contributed by atoms with Crippen LogP contribution in [0, 0.1) is 0 Å². The van der Waals surface area contributed by atoms with E-state index in [-0.39, 0.29) is 51.7 Å². The number of carboxylic acids is 2. The fourth-order valence-electron chi connectivity index (χ4n) is 9.65. The van der Waals surface area contributed by atoms with Crippen molar-refractivity contribution < 1.29 is 89.2 Å². The highest BCUT2D eigenvalue weighted by Crippen LogP contribution is 2.27. The number of hydrogen-bond acceptors (Lipinski definition) is 13. The van der Waals surface area contributed by atoms with Gasteiger partial charge in [0.25, 0.3) is 0 Å². The SMILES string of the molecule is NCCCCC1NC(=O)C(Cc2c[nH]c3ccccc23)NC(=O)C(c2ccccc2)NC(=O)C2CC(OC(=O)NCCN)CN2C(=O)C(Cc2ccccc2)NC(=O)C(Cc2ccc(OCc3ccccc3)cc2)NC1=O.O=C(O)C(F)(F)F.O=C(O)C(F)(F)F. The summed E-state index contributed by atoms with van der Waals surface area (Å²) >= 11 is 0. The zero-order chi connectivity index (χ0) is 66.3. The predicted octanol–water partition coefficient (Wildman–Crippen LogP) is 4.64. The van der Waals surface area contributed by atoms with Crippen LogP contribution < -0.4 is 48.1 Å². The summed E-state index contributed by atoms with van der Waals surface area (Å²) in [5.74, 6) is -9.28. The standard InChI is InChI=1S/C58H66N10O9.2C2HF3O2/c59-27-13-12-22-46-52(69)64-47(30-38-23-25-42(26-24-38)76-36-39-16-6-2-7-17-39)53(70)66-49(31-37-14-4-1-5-15-37)57(74)68-35-43(77-58(75)61-29-28-60)33-50(68)55(72)67-51(40-18-8-3-9-19-40)56(73)65-48(54(71)63-46)32-41-34-62-45-21-11-10-20-44(41)45;2*3-2(4,5)1(6)7/h1-11,14-21,23-26,34,43,46-51,62H,12-13,22,27-33,35-36,59-60H2,(H,61,75)(H,63,71)(H,64,69)(H,65,73)(H,66,70)(H,67,72);2*(H,6,7). The highest BCUT2D eigenvalue weighted by atomic mass is 19.4. The Balaban J connectivity index is 0.000000842. The summed E-state index contributed by atoms with van der Waals surface area (Å²) in [7, 11) is 0. The average molecular weight is 1280 g/mol.